The van der Waals surface area contributed by atoms with Crippen molar-refractivity contribution in [2.24, 2.45) is 5.92 Å². The SMILES string of the molecule is C=CC1CCC(C)(O)CC1. The molecule has 0 bridgehead atoms. The maximum absolute atomic E-state index is 9.55. The predicted octanol–water partition coefficient (Wildman–Crippen LogP) is 2.11. The van der Waals surface area contributed by atoms with Gasteiger partial charge < -0.3 is 5.11 Å². The Morgan fingerprint density at radius 2 is 2.00 bits per heavy atom. The first kappa shape index (κ1) is 7.80. The smallest absolute Gasteiger partial charge is 0.0620 e. The summed E-state index contributed by atoms with van der Waals surface area (Å²) in [5.41, 5.74) is -0.389. The molecular formula is C9H16O. The second kappa shape index (κ2) is 2.75. The highest BCUT2D eigenvalue weighted by Crippen LogP contribution is 2.31. The van der Waals surface area contributed by atoms with Crippen molar-refractivity contribution >= 4 is 0 Å². The quantitative estimate of drug-likeness (QED) is 0.553. The summed E-state index contributed by atoms with van der Waals surface area (Å²) in [6.07, 6.45) is 6.09. The van der Waals surface area contributed by atoms with Crippen molar-refractivity contribution in [3.8, 4) is 0 Å². The van der Waals surface area contributed by atoms with Crippen molar-refractivity contribution < 1.29 is 5.11 Å². The zero-order chi connectivity index (χ0) is 7.61. The lowest BCUT2D eigenvalue weighted by Crippen LogP contribution is -2.29. The maximum atomic E-state index is 9.55. The zero-order valence-corrected chi connectivity index (χ0v) is 6.64. The molecule has 0 heterocycles. The topological polar surface area (TPSA) is 20.2 Å². The molecule has 1 heteroatoms. The van der Waals surface area contributed by atoms with E-state index in [2.05, 4.69) is 6.58 Å². The third-order valence-electron chi connectivity index (χ3n) is 2.44. The first-order chi connectivity index (χ1) is 4.64. The van der Waals surface area contributed by atoms with Crippen LogP contribution in [0, 0.1) is 5.92 Å². The van der Waals surface area contributed by atoms with Crippen LogP contribution in [0.2, 0.25) is 0 Å². The first-order valence-corrected chi connectivity index (χ1v) is 3.99. The van der Waals surface area contributed by atoms with E-state index in [-0.39, 0.29) is 5.60 Å². The maximum Gasteiger partial charge on any atom is 0.0620 e. The van der Waals surface area contributed by atoms with E-state index in [4.69, 9.17) is 0 Å². The Morgan fingerprint density at radius 3 is 2.40 bits per heavy atom. The van der Waals surface area contributed by atoms with Gasteiger partial charge in [0.15, 0.2) is 0 Å². The lowest BCUT2D eigenvalue weighted by atomic mass is 9.80. The number of hydrogen-bond acceptors (Lipinski definition) is 1. The Kier molecular flexibility index (Phi) is 2.14. The third-order valence-corrected chi connectivity index (χ3v) is 2.44. The van der Waals surface area contributed by atoms with Crippen LogP contribution >= 0.6 is 0 Å². The number of allylic oxidation sites excluding steroid dienone is 1. The van der Waals surface area contributed by atoms with E-state index in [0.29, 0.717) is 5.92 Å². The van der Waals surface area contributed by atoms with Gasteiger partial charge in [-0.15, -0.1) is 6.58 Å². The van der Waals surface area contributed by atoms with Crippen LogP contribution in [0.3, 0.4) is 0 Å². The molecule has 1 saturated carbocycles. The van der Waals surface area contributed by atoms with Crippen LogP contribution in [0.25, 0.3) is 0 Å². The fraction of sp³-hybridized carbons (Fsp3) is 0.778. The highest BCUT2D eigenvalue weighted by atomic mass is 16.3. The molecule has 0 amide bonds. The highest BCUT2D eigenvalue weighted by molar-refractivity contribution is 4.88. The van der Waals surface area contributed by atoms with Crippen molar-refractivity contribution in [2.45, 2.75) is 38.2 Å². The van der Waals surface area contributed by atoms with Gasteiger partial charge in [0.25, 0.3) is 0 Å². The molecule has 0 radical (unpaired) electrons. The highest BCUT2D eigenvalue weighted by Gasteiger charge is 2.26. The Bertz CT molecular complexity index is 117. The molecule has 0 atom stereocenters. The molecular weight excluding hydrogens is 124 g/mol. The van der Waals surface area contributed by atoms with Crippen molar-refractivity contribution in [3.63, 3.8) is 0 Å². The van der Waals surface area contributed by atoms with Gasteiger partial charge in [-0.05, 0) is 38.5 Å². The van der Waals surface area contributed by atoms with E-state index >= 15 is 0 Å². The van der Waals surface area contributed by atoms with Crippen LogP contribution in [-0.4, -0.2) is 10.7 Å². The Balaban J connectivity index is 2.38. The Hall–Kier alpha value is -0.300. The molecule has 1 aliphatic carbocycles. The first-order valence-electron chi connectivity index (χ1n) is 3.99. The number of aliphatic hydroxyl groups is 1. The van der Waals surface area contributed by atoms with E-state index < -0.39 is 0 Å². The summed E-state index contributed by atoms with van der Waals surface area (Å²) < 4.78 is 0. The molecule has 1 aliphatic rings. The van der Waals surface area contributed by atoms with Crippen LogP contribution < -0.4 is 0 Å². The summed E-state index contributed by atoms with van der Waals surface area (Å²) >= 11 is 0. The van der Waals surface area contributed by atoms with Crippen molar-refractivity contribution in [1.82, 2.24) is 0 Å². The molecule has 0 aromatic rings. The lowest BCUT2D eigenvalue weighted by molar-refractivity contribution is 0.0138. The van der Waals surface area contributed by atoms with Gasteiger partial charge in [0.05, 0.1) is 5.60 Å². The molecule has 1 nitrogen and oxygen atoms in total. The van der Waals surface area contributed by atoms with Gasteiger partial charge in [-0.2, -0.15) is 0 Å². The lowest BCUT2D eigenvalue weighted by Gasteiger charge is -2.31. The normalized spacial score (nSPS) is 41.2. The van der Waals surface area contributed by atoms with Crippen molar-refractivity contribution in [2.75, 3.05) is 0 Å². The average Bonchev–Trinajstić information content (AvgIpc) is 1.88. The van der Waals surface area contributed by atoms with E-state index in [1.807, 2.05) is 13.0 Å². The predicted molar refractivity (Wildman–Crippen MR) is 42.8 cm³/mol. The average molecular weight is 140 g/mol. The van der Waals surface area contributed by atoms with Crippen LogP contribution in [0.15, 0.2) is 12.7 Å². The van der Waals surface area contributed by atoms with E-state index in [9.17, 15) is 5.11 Å². The van der Waals surface area contributed by atoms with Gasteiger partial charge in [0.2, 0.25) is 0 Å². The molecule has 10 heavy (non-hydrogen) atoms. The zero-order valence-electron chi connectivity index (χ0n) is 6.64. The summed E-state index contributed by atoms with van der Waals surface area (Å²) in [6, 6.07) is 0. The van der Waals surface area contributed by atoms with Crippen LogP contribution in [0.1, 0.15) is 32.6 Å². The molecule has 0 saturated heterocycles. The molecule has 1 N–H and O–H groups in total. The minimum Gasteiger partial charge on any atom is -0.390 e. The van der Waals surface area contributed by atoms with Crippen molar-refractivity contribution in [1.29, 1.82) is 0 Å². The Labute approximate surface area is 62.8 Å². The largest absolute Gasteiger partial charge is 0.390 e. The number of hydrogen-bond donors (Lipinski definition) is 1. The van der Waals surface area contributed by atoms with Gasteiger partial charge in [-0.25, -0.2) is 0 Å². The molecule has 1 rings (SSSR count). The van der Waals surface area contributed by atoms with Crippen LogP contribution in [0.4, 0.5) is 0 Å². The van der Waals surface area contributed by atoms with Gasteiger partial charge in [0.1, 0.15) is 0 Å². The summed E-state index contributed by atoms with van der Waals surface area (Å²) in [6.45, 7) is 5.67. The van der Waals surface area contributed by atoms with E-state index in [1.54, 1.807) is 0 Å². The van der Waals surface area contributed by atoms with E-state index in [1.165, 1.54) is 0 Å². The monoisotopic (exact) mass is 140 g/mol. The summed E-state index contributed by atoms with van der Waals surface area (Å²) in [4.78, 5) is 0. The standard InChI is InChI=1S/C9H16O/c1-3-8-4-6-9(2,10)7-5-8/h3,8,10H,1,4-7H2,2H3. The molecule has 0 unspecified atom stereocenters. The summed E-state index contributed by atoms with van der Waals surface area (Å²) in [5, 5.41) is 9.55. The molecule has 0 aliphatic heterocycles. The van der Waals surface area contributed by atoms with Gasteiger partial charge in [-0.1, -0.05) is 6.08 Å². The minimum atomic E-state index is -0.389. The summed E-state index contributed by atoms with van der Waals surface area (Å²) in [7, 11) is 0. The van der Waals surface area contributed by atoms with Gasteiger partial charge in [0, 0.05) is 0 Å². The second-order valence-electron chi connectivity index (χ2n) is 3.57. The molecule has 1 fully saturated rings. The number of rotatable bonds is 1. The molecule has 0 spiro atoms. The summed E-state index contributed by atoms with van der Waals surface area (Å²) in [5.74, 6) is 0.653. The molecule has 0 aromatic heterocycles. The van der Waals surface area contributed by atoms with E-state index in [0.717, 1.165) is 25.7 Å². The Morgan fingerprint density at radius 1 is 1.50 bits per heavy atom. The van der Waals surface area contributed by atoms with Crippen LogP contribution in [0.5, 0.6) is 0 Å². The van der Waals surface area contributed by atoms with Crippen molar-refractivity contribution in [3.05, 3.63) is 12.7 Å². The minimum absolute atomic E-state index is 0.389. The molecule has 0 aromatic carbocycles. The van der Waals surface area contributed by atoms with Gasteiger partial charge in [-0.3, -0.25) is 0 Å². The second-order valence-corrected chi connectivity index (χ2v) is 3.57. The van der Waals surface area contributed by atoms with Gasteiger partial charge >= 0.3 is 0 Å². The fourth-order valence-corrected chi connectivity index (χ4v) is 1.50. The van der Waals surface area contributed by atoms with Crippen LogP contribution in [-0.2, 0) is 0 Å². The third kappa shape index (κ3) is 1.84. The molecule has 58 valence electrons. The fourth-order valence-electron chi connectivity index (χ4n) is 1.50.